The molecule has 3 aromatic carbocycles. The second kappa shape index (κ2) is 7.23. The van der Waals surface area contributed by atoms with Gasteiger partial charge in [-0.15, -0.1) is 0 Å². The van der Waals surface area contributed by atoms with E-state index in [1.807, 2.05) is 0 Å². The molecule has 164 valence electrons. The summed E-state index contributed by atoms with van der Waals surface area (Å²) in [5, 5.41) is 0. The van der Waals surface area contributed by atoms with Gasteiger partial charge in [-0.25, -0.2) is 0 Å². The Morgan fingerprint density at radius 2 is 1.24 bits per heavy atom. The van der Waals surface area contributed by atoms with E-state index in [0.717, 1.165) is 18.4 Å². The van der Waals surface area contributed by atoms with Crippen LogP contribution in [0.3, 0.4) is 0 Å². The molecule has 0 heterocycles. The summed E-state index contributed by atoms with van der Waals surface area (Å²) in [6, 6.07) is 30.5. The summed E-state index contributed by atoms with van der Waals surface area (Å²) in [6.07, 6.45) is 4.90. The van der Waals surface area contributed by atoms with E-state index >= 15 is 0 Å². The van der Waals surface area contributed by atoms with E-state index < -0.39 is 0 Å². The molecule has 0 N–H and O–H groups in total. The van der Waals surface area contributed by atoms with Gasteiger partial charge in [0.05, 0.1) is 0 Å². The number of fused-ring (bicyclic) bond motifs is 4. The Morgan fingerprint density at radius 1 is 0.727 bits per heavy atom. The Hall–Kier alpha value is -3.04. The maximum atomic E-state index is 3.90. The summed E-state index contributed by atoms with van der Waals surface area (Å²) in [4.78, 5) is 0. The molecule has 2 atom stereocenters. The van der Waals surface area contributed by atoms with Crippen molar-refractivity contribution in [1.82, 2.24) is 0 Å². The minimum absolute atomic E-state index is 0.172. The van der Waals surface area contributed by atoms with Crippen LogP contribution in [-0.4, -0.2) is 0 Å². The summed E-state index contributed by atoms with van der Waals surface area (Å²) in [5.74, 6) is 0.698. The average Bonchev–Trinajstić information content (AvgIpc) is 3.36. The highest BCUT2D eigenvalue weighted by Gasteiger charge is 2.70. The normalized spacial score (nSPS) is 25.5. The molecule has 0 heteroatoms. The van der Waals surface area contributed by atoms with Gasteiger partial charge in [-0.2, -0.15) is 0 Å². The molecule has 3 aromatic rings. The molecule has 0 saturated heterocycles. The minimum Gasteiger partial charge on any atom is -0.0692 e. The number of rotatable bonds is 2. The van der Waals surface area contributed by atoms with Gasteiger partial charge >= 0.3 is 0 Å². The van der Waals surface area contributed by atoms with Gasteiger partial charge in [0.1, 0.15) is 0 Å². The van der Waals surface area contributed by atoms with Crippen LogP contribution >= 0.6 is 0 Å². The topological polar surface area (TPSA) is 0 Å². The van der Waals surface area contributed by atoms with Crippen molar-refractivity contribution >= 4 is 5.57 Å². The zero-order chi connectivity index (χ0) is 22.7. The number of allylic oxidation sites excluding steroid dienone is 1. The summed E-state index contributed by atoms with van der Waals surface area (Å²) in [7, 11) is 0. The van der Waals surface area contributed by atoms with Crippen LogP contribution in [0.4, 0.5) is 0 Å². The first kappa shape index (κ1) is 20.6. The van der Waals surface area contributed by atoms with E-state index in [2.05, 4.69) is 117 Å². The lowest BCUT2D eigenvalue weighted by Crippen LogP contribution is -2.33. The Kier molecular flexibility index (Phi) is 4.50. The molecule has 2 fully saturated rings. The maximum Gasteiger partial charge on any atom is 0.0393 e. The van der Waals surface area contributed by atoms with Crippen LogP contribution < -0.4 is 0 Å². The first-order valence-electron chi connectivity index (χ1n) is 12.4. The second-order valence-corrected chi connectivity index (χ2v) is 11.2. The molecular formula is C33H32. The molecule has 3 aliphatic carbocycles. The molecule has 0 radical (unpaired) electrons. The van der Waals surface area contributed by atoms with Gasteiger partial charge in [-0.1, -0.05) is 117 Å². The van der Waals surface area contributed by atoms with Gasteiger partial charge in [-0.3, -0.25) is 0 Å². The van der Waals surface area contributed by atoms with E-state index in [0.29, 0.717) is 5.92 Å². The molecule has 2 bridgehead atoms. The van der Waals surface area contributed by atoms with Crippen molar-refractivity contribution in [2.24, 2.45) is 22.2 Å². The highest BCUT2D eigenvalue weighted by Crippen LogP contribution is 2.76. The summed E-state index contributed by atoms with van der Waals surface area (Å²) < 4.78 is 0. The molecule has 0 amide bonds. The van der Waals surface area contributed by atoms with Crippen molar-refractivity contribution in [3.05, 3.63) is 124 Å². The van der Waals surface area contributed by atoms with Crippen LogP contribution in [0.2, 0.25) is 0 Å². The lowest BCUT2D eigenvalue weighted by atomic mass is 9.64. The summed E-state index contributed by atoms with van der Waals surface area (Å²) in [5.41, 5.74) is 16.4. The van der Waals surface area contributed by atoms with E-state index in [-0.39, 0.29) is 16.2 Å². The third kappa shape index (κ3) is 2.85. The van der Waals surface area contributed by atoms with Crippen molar-refractivity contribution in [1.29, 1.82) is 0 Å². The monoisotopic (exact) mass is 428 g/mol. The third-order valence-corrected chi connectivity index (χ3v) is 9.51. The molecule has 2 unspecified atom stereocenters. The SMILES string of the molecule is CC12CCC(C3(Cc4ccccc4C3)C1=C=C=C(c1ccccc1)c1ccccc1)C2(C)C. The maximum absolute atomic E-state index is 3.90. The minimum atomic E-state index is 0.172. The van der Waals surface area contributed by atoms with E-state index in [1.54, 1.807) is 11.1 Å². The zero-order valence-electron chi connectivity index (χ0n) is 20.0. The third-order valence-electron chi connectivity index (χ3n) is 9.51. The molecule has 33 heavy (non-hydrogen) atoms. The van der Waals surface area contributed by atoms with Gasteiger partial charge in [0.15, 0.2) is 0 Å². The Bertz CT molecular complexity index is 1240. The Balaban J connectivity index is 1.63. The Labute approximate surface area is 198 Å². The van der Waals surface area contributed by atoms with Gasteiger partial charge in [0.25, 0.3) is 0 Å². The predicted octanol–water partition coefficient (Wildman–Crippen LogP) is 8.04. The van der Waals surface area contributed by atoms with Gasteiger partial charge in [-0.05, 0) is 64.8 Å². The zero-order valence-corrected chi connectivity index (χ0v) is 20.0. The standard InChI is InChI=1S/C33H32/c1-31(2)29-20-21-32(31,3)30(33(29)22-26-16-10-11-17-27(26)23-33)19-18-28(24-12-6-4-7-13-24)25-14-8-5-9-15-25/h4-17,29H,20-23H2,1-3H3. The van der Waals surface area contributed by atoms with Gasteiger partial charge in [0.2, 0.25) is 0 Å². The highest BCUT2D eigenvalue weighted by molar-refractivity contribution is 5.79. The second-order valence-electron chi connectivity index (χ2n) is 11.2. The van der Waals surface area contributed by atoms with E-state index in [9.17, 15) is 0 Å². The highest BCUT2D eigenvalue weighted by atomic mass is 14.7. The lowest BCUT2D eigenvalue weighted by Gasteiger charge is -2.38. The fourth-order valence-electron chi connectivity index (χ4n) is 7.61. The molecule has 6 rings (SSSR count). The molecule has 0 nitrogen and oxygen atoms in total. The molecule has 0 aromatic heterocycles. The van der Waals surface area contributed by atoms with Crippen LogP contribution in [0.1, 0.15) is 55.9 Å². The van der Waals surface area contributed by atoms with Crippen molar-refractivity contribution in [3.8, 4) is 0 Å². The van der Waals surface area contributed by atoms with Crippen LogP contribution in [0.5, 0.6) is 0 Å². The quantitative estimate of drug-likeness (QED) is 0.362. The van der Waals surface area contributed by atoms with Crippen molar-refractivity contribution in [2.75, 3.05) is 0 Å². The van der Waals surface area contributed by atoms with E-state index in [1.165, 1.54) is 29.5 Å². The van der Waals surface area contributed by atoms with Crippen LogP contribution in [0.25, 0.3) is 5.57 Å². The summed E-state index contributed by atoms with van der Waals surface area (Å²) >= 11 is 0. The average molecular weight is 429 g/mol. The first-order valence-corrected chi connectivity index (χ1v) is 12.4. The molecular weight excluding hydrogens is 396 g/mol. The van der Waals surface area contributed by atoms with Crippen molar-refractivity contribution < 1.29 is 0 Å². The van der Waals surface area contributed by atoms with Crippen LogP contribution in [-0.2, 0) is 12.8 Å². The molecule has 3 aliphatic rings. The first-order chi connectivity index (χ1) is 16.0. The fraction of sp³-hybridized carbons (Fsp3) is 0.333. The molecule has 1 spiro atoms. The molecule has 0 aliphatic heterocycles. The smallest absolute Gasteiger partial charge is 0.0393 e. The van der Waals surface area contributed by atoms with E-state index in [4.69, 9.17) is 0 Å². The summed E-state index contributed by atoms with van der Waals surface area (Å²) in [6.45, 7) is 7.55. The van der Waals surface area contributed by atoms with Crippen LogP contribution in [0.15, 0.2) is 102 Å². The number of hydrogen-bond acceptors (Lipinski definition) is 0. The van der Waals surface area contributed by atoms with Crippen molar-refractivity contribution in [2.45, 2.75) is 46.5 Å². The van der Waals surface area contributed by atoms with Gasteiger partial charge in [0, 0.05) is 16.4 Å². The fourth-order valence-corrected chi connectivity index (χ4v) is 7.61. The lowest BCUT2D eigenvalue weighted by molar-refractivity contribution is 0.141. The number of benzene rings is 3. The Morgan fingerprint density at radius 3 is 1.79 bits per heavy atom. The predicted molar refractivity (Wildman–Crippen MR) is 137 cm³/mol. The van der Waals surface area contributed by atoms with Crippen molar-refractivity contribution in [3.63, 3.8) is 0 Å². The largest absolute Gasteiger partial charge is 0.0692 e. The van der Waals surface area contributed by atoms with Gasteiger partial charge < -0.3 is 0 Å². The molecule has 2 saturated carbocycles. The number of hydrogen-bond donors (Lipinski definition) is 0. The van der Waals surface area contributed by atoms with Crippen LogP contribution in [0, 0.1) is 22.2 Å².